The smallest absolute Gasteiger partial charge is 0.307 e. The molecule has 1 amide bonds. The maximum atomic E-state index is 12.7. The van der Waals surface area contributed by atoms with E-state index in [2.05, 4.69) is 5.32 Å². The van der Waals surface area contributed by atoms with E-state index in [1.807, 2.05) is 6.07 Å². The number of benzene rings is 2. The molecule has 7 nitrogen and oxygen atoms in total. The molecule has 0 saturated heterocycles. The molecule has 0 spiro atoms. The highest BCUT2D eigenvalue weighted by molar-refractivity contribution is 7.89. The highest BCUT2D eigenvalue weighted by Crippen LogP contribution is 2.20. The van der Waals surface area contributed by atoms with Crippen LogP contribution in [0, 0.1) is 6.92 Å². The van der Waals surface area contributed by atoms with Crippen molar-refractivity contribution in [3.8, 4) is 0 Å². The van der Waals surface area contributed by atoms with E-state index in [1.165, 1.54) is 25.3 Å². The van der Waals surface area contributed by atoms with Gasteiger partial charge >= 0.3 is 5.97 Å². The van der Waals surface area contributed by atoms with Crippen molar-refractivity contribution in [1.29, 1.82) is 0 Å². The molecule has 0 saturated carbocycles. The summed E-state index contributed by atoms with van der Waals surface area (Å²) in [5.74, 6) is -0.986. The van der Waals surface area contributed by atoms with Crippen molar-refractivity contribution < 1.29 is 22.7 Å². The molecular formula is C18H20N2O5S. The van der Waals surface area contributed by atoms with Crippen molar-refractivity contribution in [3.63, 3.8) is 0 Å². The van der Waals surface area contributed by atoms with Crippen LogP contribution >= 0.6 is 0 Å². The van der Waals surface area contributed by atoms with Gasteiger partial charge in [-0.2, -0.15) is 0 Å². The largest absolute Gasteiger partial charge is 0.469 e. The van der Waals surface area contributed by atoms with Crippen LogP contribution in [0.4, 0.5) is 0 Å². The third-order valence-electron chi connectivity index (χ3n) is 3.89. The lowest BCUT2D eigenvalue weighted by atomic mass is 10.0. The van der Waals surface area contributed by atoms with Crippen LogP contribution in [0.15, 0.2) is 53.4 Å². The van der Waals surface area contributed by atoms with Crippen LogP contribution in [0.1, 0.15) is 33.9 Å². The molecule has 0 heterocycles. The first-order valence-electron chi connectivity index (χ1n) is 7.78. The van der Waals surface area contributed by atoms with Crippen LogP contribution in [0.5, 0.6) is 0 Å². The fourth-order valence-corrected chi connectivity index (χ4v) is 2.99. The van der Waals surface area contributed by atoms with Crippen molar-refractivity contribution in [2.24, 2.45) is 5.14 Å². The Morgan fingerprint density at radius 3 is 2.38 bits per heavy atom. The third kappa shape index (κ3) is 4.90. The van der Waals surface area contributed by atoms with Crippen LogP contribution < -0.4 is 10.5 Å². The van der Waals surface area contributed by atoms with Gasteiger partial charge in [0.15, 0.2) is 0 Å². The van der Waals surface area contributed by atoms with Gasteiger partial charge in [0.05, 0.1) is 24.5 Å². The number of carbonyl (C=O) groups excluding carboxylic acids is 2. The molecule has 0 radical (unpaired) electrons. The van der Waals surface area contributed by atoms with Gasteiger partial charge in [0, 0.05) is 5.56 Å². The lowest BCUT2D eigenvalue weighted by molar-refractivity contribution is -0.141. The zero-order valence-electron chi connectivity index (χ0n) is 14.4. The molecule has 0 aliphatic rings. The number of aryl methyl sites for hydroxylation is 1. The number of sulfonamides is 1. The van der Waals surface area contributed by atoms with E-state index >= 15 is 0 Å². The number of nitrogens with two attached hydrogens (primary N) is 1. The molecule has 0 aromatic heterocycles. The molecule has 0 bridgehead atoms. The molecule has 0 aliphatic heterocycles. The number of rotatable bonds is 6. The topological polar surface area (TPSA) is 116 Å². The predicted octanol–water partition coefficient (Wildman–Crippen LogP) is 1.68. The summed E-state index contributed by atoms with van der Waals surface area (Å²) in [6.07, 6.45) is -0.0554. The number of ether oxygens (including phenoxy) is 1. The lowest BCUT2D eigenvalue weighted by Crippen LogP contribution is -2.31. The van der Waals surface area contributed by atoms with Crippen molar-refractivity contribution >= 4 is 21.9 Å². The van der Waals surface area contributed by atoms with Crippen LogP contribution in [-0.2, 0) is 19.6 Å². The van der Waals surface area contributed by atoms with Gasteiger partial charge in [-0.3, -0.25) is 9.59 Å². The molecule has 8 heteroatoms. The van der Waals surface area contributed by atoms with Crippen LogP contribution in [0.2, 0.25) is 0 Å². The second-order valence-corrected chi connectivity index (χ2v) is 7.30. The minimum Gasteiger partial charge on any atom is -0.469 e. The molecule has 1 unspecified atom stereocenters. The average molecular weight is 376 g/mol. The number of esters is 1. The summed E-state index contributed by atoms with van der Waals surface area (Å²) >= 11 is 0. The highest BCUT2D eigenvalue weighted by atomic mass is 32.2. The molecule has 1 atom stereocenters. The molecule has 2 aromatic rings. The van der Waals surface area contributed by atoms with E-state index in [4.69, 9.17) is 9.88 Å². The first-order valence-corrected chi connectivity index (χ1v) is 9.33. The molecule has 2 aromatic carbocycles. The number of nitrogens with one attached hydrogen (secondary N) is 1. The standard InChI is InChI=1S/C18H20N2O5S/c1-12-8-9-14(26(19,23)24)10-15(12)18(22)20-16(11-17(21)25-2)13-6-4-3-5-7-13/h3-10,16H,11H2,1-2H3,(H,20,22)(H2,19,23,24). The monoisotopic (exact) mass is 376 g/mol. The first kappa shape index (κ1) is 19.6. The van der Waals surface area contributed by atoms with Gasteiger partial charge < -0.3 is 10.1 Å². The SMILES string of the molecule is COC(=O)CC(NC(=O)c1cc(S(N)(=O)=O)ccc1C)c1ccccc1. The molecule has 0 fully saturated rings. The number of hydrogen-bond donors (Lipinski definition) is 2. The summed E-state index contributed by atoms with van der Waals surface area (Å²) < 4.78 is 27.8. The van der Waals surface area contributed by atoms with Crippen molar-refractivity contribution in [2.45, 2.75) is 24.3 Å². The van der Waals surface area contributed by atoms with E-state index < -0.39 is 27.9 Å². The third-order valence-corrected chi connectivity index (χ3v) is 4.80. The van der Waals surface area contributed by atoms with Crippen molar-refractivity contribution in [2.75, 3.05) is 7.11 Å². The number of hydrogen-bond acceptors (Lipinski definition) is 5. The van der Waals surface area contributed by atoms with Crippen LogP contribution in [-0.4, -0.2) is 27.4 Å². The fraction of sp³-hybridized carbons (Fsp3) is 0.222. The first-order chi connectivity index (χ1) is 12.2. The second kappa shape index (κ2) is 8.11. The van der Waals surface area contributed by atoms with Gasteiger partial charge in [-0.05, 0) is 30.2 Å². The fourth-order valence-electron chi connectivity index (χ4n) is 2.45. The summed E-state index contributed by atoms with van der Waals surface area (Å²) in [5, 5.41) is 7.89. The Morgan fingerprint density at radius 1 is 1.15 bits per heavy atom. The number of amides is 1. The molecular weight excluding hydrogens is 356 g/mol. The number of methoxy groups -OCH3 is 1. The lowest BCUT2D eigenvalue weighted by Gasteiger charge is -2.19. The van der Waals surface area contributed by atoms with Gasteiger partial charge in [-0.25, -0.2) is 13.6 Å². The zero-order valence-corrected chi connectivity index (χ0v) is 15.2. The Balaban J connectivity index is 2.34. The van der Waals surface area contributed by atoms with E-state index in [0.717, 1.165) is 5.56 Å². The van der Waals surface area contributed by atoms with Crippen LogP contribution in [0.3, 0.4) is 0 Å². The van der Waals surface area contributed by atoms with Crippen molar-refractivity contribution in [3.05, 3.63) is 65.2 Å². The summed E-state index contributed by atoms with van der Waals surface area (Å²) in [4.78, 5) is 24.2. The summed E-state index contributed by atoms with van der Waals surface area (Å²) in [6, 6.07) is 12.4. The van der Waals surface area contributed by atoms with Gasteiger partial charge in [-0.15, -0.1) is 0 Å². The van der Waals surface area contributed by atoms with Crippen molar-refractivity contribution in [1.82, 2.24) is 5.32 Å². The Bertz CT molecular complexity index is 910. The van der Waals surface area contributed by atoms with Gasteiger partial charge in [0.2, 0.25) is 10.0 Å². The summed E-state index contributed by atoms with van der Waals surface area (Å²) in [6.45, 7) is 1.68. The zero-order chi connectivity index (χ0) is 19.3. The minimum absolute atomic E-state index is 0.0554. The molecule has 0 aliphatic carbocycles. The summed E-state index contributed by atoms with van der Waals surface area (Å²) in [5.41, 5.74) is 1.48. The normalized spacial score (nSPS) is 12.3. The van der Waals surface area contributed by atoms with E-state index in [-0.39, 0.29) is 16.9 Å². The van der Waals surface area contributed by atoms with Crippen LogP contribution in [0.25, 0.3) is 0 Å². The molecule has 2 rings (SSSR count). The summed E-state index contributed by atoms with van der Waals surface area (Å²) in [7, 11) is -2.66. The van der Waals surface area contributed by atoms with Gasteiger partial charge in [0.25, 0.3) is 5.91 Å². The molecule has 26 heavy (non-hydrogen) atoms. The number of carbonyl (C=O) groups is 2. The number of primary sulfonamides is 1. The van der Waals surface area contributed by atoms with E-state index in [1.54, 1.807) is 31.2 Å². The predicted molar refractivity (Wildman–Crippen MR) is 95.8 cm³/mol. The molecule has 138 valence electrons. The highest BCUT2D eigenvalue weighted by Gasteiger charge is 2.21. The van der Waals surface area contributed by atoms with Gasteiger partial charge in [0.1, 0.15) is 0 Å². The Morgan fingerprint density at radius 2 is 1.81 bits per heavy atom. The average Bonchev–Trinajstić information content (AvgIpc) is 2.61. The maximum Gasteiger partial charge on any atom is 0.307 e. The Hall–Kier alpha value is -2.71. The Kier molecular flexibility index (Phi) is 6.12. The second-order valence-electron chi connectivity index (χ2n) is 5.74. The minimum atomic E-state index is -3.93. The quantitative estimate of drug-likeness (QED) is 0.744. The molecule has 3 N–H and O–H groups in total. The maximum absolute atomic E-state index is 12.7. The van der Waals surface area contributed by atoms with E-state index in [9.17, 15) is 18.0 Å². The van der Waals surface area contributed by atoms with E-state index in [0.29, 0.717) is 5.56 Å². The Labute approximate surface area is 152 Å². The van der Waals surface area contributed by atoms with Gasteiger partial charge in [-0.1, -0.05) is 36.4 Å².